The molecule has 0 radical (unpaired) electrons. The molecule has 34 heavy (non-hydrogen) atoms. The highest BCUT2D eigenvalue weighted by atomic mass is 35.5. The summed E-state index contributed by atoms with van der Waals surface area (Å²) in [5.74, 6) is -0.775. The van der Waals surface area contributed by atoms with Gasteiger partial charge in [0.05, 0.1) is 30.4 Å². The summed E-state index contributed by atoms with van der Waals surface area (Å²) in [6, 6.07) is 18.3. The third kappa shape index (κ3) is 4.13. The standard InChI is InChI=1S/C27H24ClNO5/c1-4-34-19-13-14-22(28)21(15-19)25(30)23-24(20-8-6-5-7-16(20)2)29(27(32)26(23)31)17-9-11-18(33-3)12-10-17/h5-15,24,30H,4H2,1-3H3/b25-23+. The number of carbonyl (C=O) groups excluding carboxylic acids is 2. The molecule has 1 atom stereocenters. The van der Waals surface area contributed by atoms with Crippen molar-refractivity contribution in [2.75, 3.05) is 18.6 Å². The maximum atomic E-state index is 13.3. The van der Waals surface area contributed by atoms with E-state index in [1.807, 2.05) is 38.1 Å². The number of methoxy groups -OCH3 is 1. The summed E-state index contributed by atoms with van der Waals surface area (Å²) in [5.41, 5.74) is 2.28. The van der Waals surface area contributed by atoms with Crippen molar-refractivity contribution < 1.29 is 24.2 Å². The first kappa shape index (κ1) is 23.4. The minimum absolute atomic E-state index is 0.0364. The van der Waals surface area contributed by atoms with Gasteiger partial charge in [0.2, 0.25) is 0 Å². The Morgan fingerprint density at radius 1 is 1.03 bits per heavy atom. The normalized spacial score (nSPS) is 17.2. The fourth-order valence-electron chi connectivity index (χ4n) is 4.12. The molecule has 1 N–H and O–H groups in total. The van der Waals surface area contributed by atoms with Gasteiger partial charge in [0.15, 0.2) is 0 Å². The fraction of sp³-hybridized carbons (Fsp3) is 0.185. The number of ketones is 1. The molecule has 0 aliphatic carbocycles. The number of aliphatic hydroxyl groups is 1. The summed E-state index contributed by atoms with van der Waals surface area (Å²) in [4.78, 5) is 28.0. The van der Waals surface area contributed by atoms with Gasteiger partial charge in [-0.25, -0.2) is 0 Å². The number of nitrogens with zero attached hydrogens (tertiary/aromatic N) is 1. The van der Waals surface area contributed by atoms with Gasteiger partial charge in [-0.1, -0.05) is 35.9 Å². The molecule has 3 aromatic rings. The first-order chi connectivity index (χ1) is 16.4. The van der Waals surface area contributed by atoms with Crippen LogP contribution in [0.4, 0.5) is 5.69 Å². The van der Waals surface area contributed by atoms with Crippen LogP contribution in [0.25, 0.3) is 5.76 Å². The quantitative estimate of drug-likeness (QED) is 0.281. The van der Waals surface area contributed by atoms with Crippen LogP contribution in [-0.2, 0) is 9.59 Å². The van der Waals surface area contributed by atoms with Crippen molar-refractivity contribution in [3.05, 3.63) is 94.0 Å². The second kappa shape index (κ2) is 9.61. The lowest BCUT2D eigenvalue weighted by Gasteiger charge is -2.26. The van der Waals surface area contributed by atoms with Gasteiger partial charge in [-0.05, 0) is 67.4 Å². The van der Waals surface area contributed by atoms with Crippen LogP contribution in [0.1, 0.15) is 29.7 Å². The Bertz CT molecular complexity index is 1280. The van der Waals surface area contributed by atoms with Gasteiger partial charge in [0.25, 0.3) is 11.7 Å². The van der Waals surface area contributed by atoms with Gasteiger partial charge in [-0.2, -0.15) is 0 Å². The number of benzene rings is 3. The second-order valence-corrected chi connectivity index (χ2v) is 8.21. The molecule has 1 saturated heterocycles. The zero-order valence-corrected chi connectivity index (χ0v) is 19.8. The van der Waals surface area contributed by atoms with E-state index in [2.05, 4.69) is 0 Å². The highest BCUT2D eigenvalue weighted by molar-refractivity contribution is 6.52. The predicted molar refractivity (Wildman–Crippen MR) is 132 cm³/mol. The number of amides is 1. The van der Waals surface area contributed by atoms with E-state index in [-0.39, 0.29) is 21.9 Å². The number of hydrogen-bond acceptors (Lipinski definition) is 5. The van der Waals surface area contributed by atoms with Gasteiger partial charge in [-0.3, -0.25) is 14.5 Å². The topological polar surface area (TPSA) is 76.1 Å². The van der Waals surface area contributed by atoms with Gasteiger partial charge in [0.1, 0.15) is 17.3 Å². The summed E-state index contributed by atoms with van der Waals surface area (Å²) in [5, 5.41) is 11.6. The first-order valence-electron chi connectivity index (χ1n) is 10.8. The van der Waals surface area contributed by atoms with Crippen LogP contribution < -0.4 is 14.4 Å². The molecule has 0 spiro atoms. The largest absolute Gasteiger partial charge is 0.507 e. The van der Waals surface area contributed by atoms with E-state index in [1.54, 1.807) is 49.6 Å². The molecule has 174 valence electrons. The van der Waals surface area contributed by atoms with Crippen molar-refractivity contribution in [2.45, 2.75) is 19.9 Å². The molecule has 3 aromatic carbocycles. The number of rotatable bonds is 6. The van der Waals surface area contributed by atoms with Crippen LogP contribution in [-0.4, -0.2) is 30.5 Å². The molecule has 6 nitrogen and oxygen atoms in total. The molecular formula is C27H24ClNO5. The summed E-state index contributed by atoms with van der Waals surface area (Å²) in [6.45, 7) is 4.16. The van der Waals surface area contributed by atoms with Gasteiger partial charge in [-0.15, -0.1) is 0 Å². The Balaban J connectivity index is 1.95. The lowest BCUT2D eigenvalue weighted by molar-refractivity contribution is -0.132. The molecule has 0 saturated carbocycles. The Hall–Kier alpha value is -3.77. The van der Waals surface area contributed by atoms with Gasteiger partial charge < -0.3 is 14.6 Å². The number of ether oxygens (including phenoxy) is 2. The zero-order chi connectivity index (χ0) is 24.4. The lowest BCUT2D eigenvalue weighted by atomic mass is 9.92. The maximum Gasteiger partial charge on any atom is 0.300 e. The van der Waals surface area contributed by atoms with Crippen molar-refractivity contribution in [3.63, 3.8) is 0 Å². The molecule has 0 aromatic heterocycles. The minimum Gasteiger partial charge on any atom is -0.507 e. The van der Waals surface area contributed by atoms with Gasteiger partial charge in [0, 0.05) is 11.3 Å². The maximum absolute atomic E-state index is 13.3. The Morgan fingerprint density at radius 2 is 1.71 bits per heavy atom. The molecule has 1 heterocycles. The average molecular weight is 478 g/mol. The number of carbonyl (C=O) groups is 2. The van der Waals surface area contributed by atoms with E-state index in [9.17, 15) is 14.7 Å². The SMILES string of the molecule is CCOc1ccc(Cl)c(/C(O)=C2\C(=O)C(=O)N(c3ccc(OC)cc3)C2c2ccccc2C)c1. The van der Waals surface area contributed by atoms with E-state index < -0.39 is 17.7 Å². The van der Waals surface area contributed by atoms with Crippen LogP contribution in [0.2, 0.25) is 5.02 Å². The van der Waals surface area contributed by atoms with Crippen LogP contribution in [0, 0.1) is 6.92 Å². The molecule has 7 heteroatoms. The second-order valence-electron chi connectivity index (χ2n) is 7.80. The Morgan fingerprint density at radius 3 is 2.35 bits per heavy atom. The van der Waals surface area contributed by atoms with Crippen molar-refractivity contribution in [1.82, 2.24) is 0 Å². The number of anilines is 1. The third-order valence-electron chi connectivity index (χ3n) is 5.78. The molecule has 1 unspecified atom stereocenters. The highest BCUT2D eigenvalue weighted by Crippen LogP contribution is 2.44. The molecule has 4 rings (SSSR count). The van der Waals surface area contributed by atoms with Crippen LogP contribution in [0.15, 0.2) is 72.3 Å². The lowest BCUT2D eigenvalue weighted by Crippen LogP contribution is -2.29. The number of Topliss-reactive ketones (excluding diaryl/α,β-unsaturated/α-hetero) is 1. The van der Waals surface area contributed by atoms with Crippen molar-refractivity contribution in [1.29, 1.82) is 0 Å². The van der Waals surface area contributed by atoms with Crippen LogP contribution >= 0.6 is 11.6 Å². The zero-order valence-electron chi connectivity index (χ0n) is 19.0. The van der Waals surface area contributed by atoms with Crippen LogP contribution in [0.3, 0.4) is 0 Å². The summed E-state index contributed by atoms with van der Waals surface area (Å²) in [6.07, 6.45) is 0. The van der Waals surface area contributed by atoms with E-state index in [1.165, 1.54) is 4.90 Å². The number of halogens is 1. The monoisotopic (exact) mass is 477 g/mol. The molecular weight excluding hydrogens is 454 g/mol. The molecule has 1 aliphatic heterocycles. The summed E-state index contributed by atoms with van der Waals surface area (Å²) >= 11 is 6.39. The summed E-state index contributed by atoms with van der Waals surface area (Å²) < 4.78 is 10.8. The van der Waals surface area contributed by atoms with E-state index in [4.69, 9.17) is 21.1 Å². The number of aryl methyl sites for hydroxylation is 1. The minimum atomic E-state index is -0.846. The number of hydrogen-bond donors (Lipinski definition) is 1. The van der Waals surface area contributed by atoms with Crippen molar-refractivity contribution in [2.24, 2.45) is 0 Å². The summed E-state index contributed by atoms with van der Waals surface area (Å²) in [7, 11) is 1.55. The molecule has 1 aliphatic rings. The Kier molecular flexibility index (Phi) is 6.61. The molecule has 0 bridgehead atoms. The molecule has 1 fully saturated rings. The smallest absolute Gasteiger partial charge is 0.300 e. The predicted octanol–water partition coefficient (Wildman–Crippen LogP) is 5.68. The Labute approximate surface area is 203 Å². The first-order valence-corrected chi connectivity index (χ1v) is 11.2. The van der Waals surface area contributed by atoms with Crippen molar-refractivity contribution >= 4 is 34.7 Å². The van der Waals surface area contributed by atoms with E-state index in [0.29, 0.717) is 23.8 Å². The van der Waals surface area contributed by atoms with Crippen LogP contribution in [0.5, 0.6) is 11.5 Å². The fourth-order valence-corrected chi connectivity index (χ4v) is 4.32. The van der Waals surface area contributed by atoms with Gasteiger partial charge >= 0.3 is 0 Å². The van der Waals surface area contributed by atoms with E-state index >= 15 is 0 Å². The van der Waals surface area contributed by atoms with Crippen molar-refractivity contribution in [3.8, 4) is 11.5 Å². The highest BCUT2D eigenvalue weighted by Gasteiger charge is 2.47. The molecule has 1 amide bonds. The van der Waals surface area contributed by atoms with E-state index in [0.717, 1.165) is 11.1 Å². The average Bonchev–Trinajstić information content (AvgIpc) is 3.10. The third-order valence-corrected chi connectivity index (χ3v) is 6.11. The number of aliphatic hydroxyl groups excluding tert-OH is 1.